The van der Waals surface area contributed by atoms with Crippen molar-refractivity contribution in [3.05, 3.63) is 41.4 Å². The molecule has 4 nitrogen and oxygen atoms in total. The van der Waals surface area contributed by atoms with Crippen LogP contribution in [0.15, 0.2) is 36.5 Å². The predicted octanol–water partition coefficient (Wildman–Crippen LogP) is 3.94. The summed E-state index contributed by atoms with van der Waals surface area (Å²) >= 11 is 1.38. The van der Waals surface area contributed by atoms with E-state index >= 15 is 0 Å². The number of aromatic nitrogens is 1. The molecule has 2 unspecified atom stereocenters. The van der Waals surface area contributed by atoms with E-state index in [1.165, 1.54) is 11.3 Å². The van der Waals surface area contributed by atoms with E-state index in [0.717, 1.165) is 29.8 Å². The molecule has 1 aliphatic carbocycles. The second kappa shape index (κ2) is 7.71. The highest BCUT2D eigenvalue weighted by Crippen LogP contribution is 2.26. The third-order valence-corrected chi connectivity index (χ3v) is 5.65. The van der Waals surface area contributed by atoms with E-state index < -0.39 is 0 Å². The molecule has 24 heavy (non-hydrogen) atoms. The van der Waals surface area contributed by atoms with Gasteiger partial charge < -0.3 is 5.32 Å². The first kappa shape index (κ1) is 16.8. The highest BCUT2D eigenvalue weighted by Gasteiger charge is 2.24. The molecule has 0 bridgehead atoms. The number of nitrogens with one attached hydrogen (secondary N) is 1. The van der Waals surface area contributed by atoms with Crippen molar-refractivity contribution >= 4 is 23.0 Å². The van der Waals surface area contributed by atoms with Gasteiger partial charge in [0.15, 0.2) is 0 Å². The Kier molecular flexibility index (Phi) is 5.41. The maximum Gasteiger partial charge on any atom is 0.263 e. The average Bonchev–Trinajstić information content (AvgIpc) is 3.04. The van der Waals surface area contributed by atoms with Crippen molar-refractivity contribution in [1.29, 1.82) is 0 Å². The molecule has 0 aliphatic heterocycles. The van der Waals surface area contributed by atoms with Crippen molar-refractivity contribution in [3.8, 4) is 10.6 Å². The van der Waals surface area contributed by atoms with Crippen LogP contribution in [-0.4, -0.2) is 23.2 Å². The fourth-order valence-corrected chi connectivity index (χ4v) is 3.83. The lowest BCUT2D eigenvalue weighted by Crippen LogP contribution is -2.32. The quantitative estimate of drug-likeness (QED) is 0.856. The van der Waals surface area contributed by atoms with Gasteiger partial charge in [-0.15, -0.1) is 11.3 Å². The van der Waals surface area contributed by atoms with Gasteiger partial charge in [-0.05, 0) is 25.2 Å². The molecule has 5 heteroatoms. The number of amides is 1. The van der Waals surface area contributed by atoms with Crippen LogP contribution in [0.1, 0.15) is 42.3 Å². The van der Waals surface area contributed by atoms with Crippen molar-refractivity contribution in [2.75, 3.05) is 6.54 Å². The van der Waals surface area contributed by atoms with Gasteiger partial charge in [0, 0.05) is 24.4 Å². The Labute approximate surface area is 146 Å². The van der Waals surface area contributed by atoms with E-state index in [2.05, 4.69) is 17.2 Å². The summed E-state index contributed by atoms with van der Waals surface area (Å²) in [6.45, 7) is 2.62. The molecule has 2 atom stereocenters. The van der Waals surface area contributed by atoms with Crippen LogP contribution in [0.2, 0.25) is 0 Å². The summed E-state index contributed by atoms with van der Waals surface area (Å²) in [4.78, 5) is 29.4. The lowest BCUT2D eigenvalue weighted by atomic mass is 9.98. The second-order valence-corrected chi connectivity index (χ2v) is 7.52. The Bertz CT molecular complexity index is 711. The summed E-state index contributed by atoms with van der Waals surface area (Å²) in [7, 11) is 0. The third-order valence-electron chi connectivity index (χ3n) is 4.61. The number of Topliss-reactive ketones (excluding diaryl/α,β-unsaturated/α-hetero) is 1. The number of hydrogen-bond acceptors (Lipinski definition) is 4. The van der Waals surface area contributed by atoms with Crippen LogP contribution in [0.4, 0.5) is 0 Å². The number of hydrogen-bond donors (Lipinski definition) is 1. The summed E-state index contributed by atoms with van der Waals surface area (Å²) in [5, 5.41) is 3.75. The van der Waals surface area contributed by atoms with Gasteiger partial charge in [-0.1, -0.05) is 37.3 Å². The Morgan fingerprint density at radius 1 is 1.25 bits per heavy atom. The normalized spacial score (nSPS) is 21.3. The van der Waals surface area contributed by atoms with Crippen molar-refractivity contribution in [2.24, 2.45) is 11.8 Å². The highest BCUT2D eigenvalue weighted by molar-refractivity contribution is 7.16. The summed E-state index contributed by atoms with van der Waals surface area (Å²) in [5.74, 6) is 0.707. The van der Waals surface area contributed by atoms with E-state index in [4.69, 9.17) is 0 Å². The molecular weight excluding hydrogens is 320 g/mol. The van der Waals surface area contributed by atoms with Crippen LogP contribution in [-0.2, 0) is 4.79 Å². The summed E-state index contributed by atoms with van der Waals surface area (Å²) in [6.07, 6.45) is 5.15. The maximum atomic E-state index is 12.3. The number of carbonyl (C=O) groups is 2. The standard InChI is InChI=1S/C19H22N2O2S/c1-13-7-9-15(16(22)10-8-13)11-20-18(23)17-12-21-19(24-17)14-5-3-2-4-6-14/h2-6,12-13,15H,7-11H2,1H3,(H,20,23). The van der Waals surface area contributed by atoms with Crippen LogP contribution in [0.5, 0.6) is 0 Å². The topological polar surface area (TPSA) is 59.1 Å². The van der Waals surface area contributed by atoms with Crippen LogP contribution >= 0.6 is 11.3 Å². The molecule has 0 spiro atoms. The maximum absolute atomic E-state index is 12.3. The Morgan fingerprint density at radius 2 is 2.04 bits per heavy atom. The van der Waals surface area contributed by atoms with Crippen molar-refractivity contribution in [2.45, 2.75) is 32.6 Å². The number of rotatable bonds is 4. The molecule has 0 radical (unpaired) electrons. The summed E-state index contributed by atoms with van der Waals surface area (Å²) in [6, 6.07) is 9.82. The molecule has 3 rings (SSSR count). The molecule has 1 aliphatic rings. The number of thiazole rings is 1. The molecule has 1 heterocycles. The molecule has 1 fully saturated rings. The van der Waals surface area contributed by atoms with Crippen LogP contribution in [0, 0.1) is 11.8 Å². The lowest BCUT2D eigenvalue weighted by Gasteiger charge is -2.13. The Morgan fingerprint density at radius 3 is 2.83 bits per heavy atom. The fourth-order valence-electron chi connectivity index (χ4n) is 3.00. The van der Waals surface area contributed by atoms with E-state index in [1.54, 1.807) is 6.20 Å². The van der Waals surface area contributed by atoms with Gasteiger partial charge in [0.05, 0.1) is 6.20 Å². The molecule has 1 aromatic heterocycles. The number of carbonyl (C=O) groups excluding carboxylic acids is 2. The van der Waals surface area contributed by atoms with Crippen LogP contribution in [0.3, 0.4) is 0 Å². The first-order chi connectivity index (χ1) is 11.6. The van der Waals surface area contributed by atoms with E-state index in [9.17, 15) is 9.59 Å². The van der Waals surface area contributed by atoms with Crippen LogP contribution in [0.25, 0.3) is 10.6 Å². The summed E-state index contributed by atoms with van der Waals surface area (Å²) < 4.78 is 0. The largest absolute Gasteiger partial charge is 0.351 e. The van der Waals surface area contributed by atoms with Crippen molar-refractivity contribution in [3.63, 3.8) is 0 Å². The van der Waals surface area contributed by atoms with E-state index in [0.29, 0.717) is 23.8 Å². The van der Waals surface area contributed by atoms with Crippen molar-refractivity contribution < 1.29 is 9.59 Å². The molecule has 1 saturated carbocycles. The first-order valence-corrected chi connectivity index (χ1v) is 9.27. The Balaban J connectivity index is 1.59. The smallest absolute Gasteiger partial charge is 0.263 e. The van der Waals surface area contributed by atoms with Gasteiger partial charge in [0.25, 0.3) is 5.91 Å². The van der Waals surface area contributed by atoms with E-state index in [-0.39, 0.29) is 17.6 Å². The highest BCUT2D eigenvalue weighted by atomic mass is 32.1. The minimum atomic E-state index is -0.139. The van der Waals surface area contributed by atoms with E-state index in [1.807, 2.05) is 30.3 Å². The Hall–Kier alpha value is -2.01. The molecule has 1 N–H and O–H groups in total. The molecule has 2 aromatic rings. The van der Waals surface area contributed by atoms with Crippen molar-refractivity contribution in [1.82, 2.24) is 10.3 Å². The van der Waals surface area contributed by atoms with Gasteiger partial charge in [0.1, 0.15) is 15.7 Å². The number of benzene rings is 1. The number of ketones is 1. The predicted molar refractivity (Wildman–Crippen MR) is 96.0 cm³/mol. The zero-order valence-corrected chi connectivity index (χ0v) is 14.6. The van der Waals surface area contributed by atoms with Crippen LogP contribution < -0.4 is 5.32 Å². The lowest BCUT2D eigenvalue weighted by molar-refractivity contribution is -0.122. The molecule has 1 aromatic carbocycles. The second-order valence-electron chi connectivity index (χ2n) is 6.49. The zero-order chi connectivity index (χ0) is 16.9. The first-order valence-electron chi connectivity index (χ1n) is 8.45. The van der Waals surface area contributed by atoms with Gasteiger partial charge in [0.2, 0.25) is 0 Å². The SMILES string of the molecule is CC1CCC(=O)C(CNC(=O)c2cnc(-c3ccccc3)s2)CC1. The molecule has 0 saturated heterocycles. The van der Waals surface area contributed by atoms with Gasteiger partial charge in [-0.25, -0.2) is 4.98 Å². The minimum absolute atomic E-state index is 0.0413. The molecule has 1 amide bonds. The molecular formula is C19H22N2O2S. The number of nitrogens with zero attached hydrogens (tertiary/aromatic N) is 1. The van der Waals surface area contributed by atoms with Gasteiger partial charge in [-0.2, -0.15) is 0 Å². The third kappa shape index (κ3) is 4.09. The van der Waals surface area contributed by atoms with Gasteiger partial charge in [-0.3, -0.25) is 9.59 Å². The summed E-state index contributed by atoms with van der Waals surface area (Å²) in [5.41, 5.74) is 1.01. The van der Waals surface area contributed by atoms with Gasteiger partial charge >= 0.3 is 0 Å². The monoisotopic (exact) mass is 342 g/mol. The zero-order valence-electron chi connectivity index (χ0n) is 13.8. The minimum Gasteiger partial charge on any atom is -0.351 e. The average molecular weight is 342 g/mol. The molecule has 126 valence electrons. The fraction of sp³-hybridized carbons (Fsp3) is 0.421.